The highest BCUT2D eigenvalue weighted by Crippen LogP contribution is 2.21. The number of carbonyl (C=O) groups is 2. The van der Waals surface area contributed by atoms with Crippen LogP contribution in [0.4, 0.5) is 11.4 Å². The van der Waals surface area contributed by atoms with E-state index >= 15 is 0 Å². The van der Waals surface area contributed by atoms with Gasteiger partial charge in [0.2, 0.25) is 0 Å². The quantitative estimate of drug-likeness (QED) is 0.353. The molecule has 2 amide bonds. The maximum Gasteiger partial charge on any atom is 0.266 e. The Morgan fingerprint density at radius 2 is 1.72 bits per heavy atom. The Morgan fingerprint density at radius 3 is 2.41 bits per heavy atom. The number of carbonyl (C=O) groups excluding carboxylic acids is 2. The lowest BCUT2D eigenvalue weighted by Crippen LogP contribution is -2.20. The summed E-state index contributed by atoms with van der Waals surface area (Å²) in [6.45, 7) is -0.202. The average Bonchev–Trinajstić information content (AvgIpc) is 2.78. The third-order valence-electron chi connectivity index (χ3n) is 4.16. The van der Waals surface area contributed by atoms with Gasteiger partial charge in [-0.15, -0.1) is 0 Å². The van der Waals surface area contributed by atoms with Crippen molar-refractivity contribution >= 4 is 52.5 Å². The molecule has 160 valence electrons. The molecule has 0 aliphatic rings. The van der Waals surface area contributed by atoms with Crippen LogP contribution < -0.4 is 15.4 Å². The number of halogens is 2. The van der Waals surface area contributed by atoms with Gasteiger partial charge >= 0.3 is 0 Å². The van der Waals surface area contributed by atoms with Crippen LogP contribution in [0.15, 0.2) is 78.4 Å². The van der Waals surface area contributed by atoms with Crippen LogP contribution in [0.25, 0.3) is 6.08 Å². The Kier molecular flexibility index (Phi) is 7.87. The third kappa shape index (κ3) is 6.61. The van der Waals surface area contributed by atoms with Gasteiger partial charge in [-0.2, -0.15) is 5.26 Å². The van der Waals surface area contributed by atoms with Crippen molar-refractivity contribution in [1.82, 2.24) is 0 Å². The molecular formula is C24H17Cl2N3O3. The van der Waals surface area contributed by atoms with Gasteiger partial charge in [0.15, 0.2) is 6.61 Å². The second-order valence-corrected chi connectivity index (χ2v) is 7.36. The number of rotatable bonds is 7. The van der Waals surface area contributed by atoms with E-state index in [4.69, 9.17) is 27.9 Å². The van der Waals surface area contributed by atoms with Crippen molar-refractivity contribution in [1.29, 1.82) is 5.26 Å². The number of ether oxygens (including phenoxy) is 1. The molecule has 0 saturated carbocycles. The SMILES string of the molecule is N#C/C(=C\c1ccc(OCC(=O)Nc2ccccc2Cl)cc1)C(=O)Nc1cccc(Cl)c1. The second kappa shape index (κ2) is 11.0. The lowest BCUT2D eigenvalue weighted by Gasteiger charge is -2.09. The van der Waals surface area contributed by atoms with Gasteiger partial charge in [-0.3, -0.25) is 9.59 Å². The summed E-state index contributed by atoms with van der Waals surface area (Å²) in [7, 11) is 0. The topological polar surface area (TPSA) is 91.2 Å². The van der Waals surface area contributed by atoms with E-state index in [0.29, 0.717) is 32.7 Å². The first-order valence-corrected chi connectivity index (χ1v) is 10.2. The fourth-order valence-corrected chi connectivity index (χ4v) is 3.01. The number of para-hydroxylation sites is 1. The highest BCUT2D eigenvalue weighted by atomic mass is 35.5. The first kappa shape index (κ1) is 22.9. The molecule has 3 aromatic carbocycles. The summed E-state index contributed by atoms with van der Waals surface area (Å²) in [4.78, 5) is 24.4. The van der Waals surface area contributed by atoms with Gasteiger partial charge < -0.3 is 15.4 Å². The Bertz CT molecular complexity index is 1200. The molecule has 0 unspecified atom stereocenters. The molecule has 0 aliphatic carbocycles. The molecule has 6 nitrogen and oxygen atoms in total. The Morgan fingerprint density at radius 1 is 0.969 bits per heavy atom. The Balaban J connectivity index is 1.58. The van der Waals surface area contributed by atoms with Crippen LogP contribution in [-0.2, 0) is 9.59 Å². The minimum absolute atomic E-state index is 0.0715. The van der Waals surface area contributed by atoms with Gasteiger partial charge in [0.05, 0.1) is 10.7 Å². The number of nitrogens with one attached hydrogen (secondary N) is 2. The predicted octanol–water partition coefficient (Wildman–Crippen LogP) is 5.56. The standard InChI is InChI=1S/C24H17Cl2N3O3/c25-18-4-3-5-19(13-18)28-24(31)17(14-27)12-16-8-10-20(11-9-16)32-15-23(30)29-22-7-2-1-6-21(22)26/h1-13H,15H2,(H,28,31)(H,29,30)/b17-12+. The first-order chi connectivity index (χ1) is 15.4. The van der Waals surface area contributed by atoms with Crippen molar-refractivity contribution < 1.29 is 14.3 Å². The third-order valence-corrected chi connectivity index (χ3v) is 4.72. The van der Waals surface area contributed by atoms with Crippen LogP contribution in [0.1, 0.15) is 5.56 Å². The average molecular weight is 466 g/mol. The highest BCUT2D eigenvalue weighted by Gasteiger charge is 2.10. The Hall–Kier alpha value is -3.79. The van der Waals surface area contributed by atoms with Gasteiger partial charge in [-0.05, 0) is 54.1 Å². The van der Waals surface area contributed by atoms with Crippen molar-refractivity contribution in [3.8, 4) is 11.8 Å². The Labute approximate surface area is 195 Å². The van der Waals surface area contributed by atoms with Crippen molar-refractivity contribution in [3.63, 3.8) is 0 Å². The smallest absolute Gasteiger partial charge is 0.266 e. The summed E-state index contributed by atoms with van der Waals surface area (Å²) < 4.78 is 5.47. The molecule has 0 heterocycles. The summed E-state index contributed by atoms with van der Waals surface area (Å²) in [6, 6.07) is 22.0. The van der Waals surface area contributed by atoms with Crippen LogP contribution in [0.2, 0.25) is 10.0 Å². The maximum atomic E-state index is 12.4. The number of anilines is 2. The van der Waals surface area contributed by atoms with Crippen molar-refractivity contribution in [2.75, 3.05) is 17.2 Å². The zero-order valence-corrected chi connectivity index (χ0v) is 18.2. The molecule has 3 rings (SSSR count). The van der Waals surface area contributed by atoms with Crippen molar-refractivity contribution in [2.24, 2.45) is 0 Å². The molecule has 0 bridgehead atoms. The lowest BCUT2D eigenvalue weighted by molar-refractivity contribution is -0.118. The van der Waals surface area contributed by atoms with Crippen LogP contribution >= 0.6 is 23.2 Å². The van der Waals surface area contributed by atoms with Crippen molar-refractivity contribution in [2.45, 2.75) is 0 Å². The number of hydrogen-bond donors (Lipinski definition) is 2. The summed E-state index contributed by atoms with van der Waals surface area (Å²) in [5.41, 5.74) is 1.54. The largest absolute Gasteiger partial charge is 0.484 e. The van der Waals surface area contributed by atoms with E-state index in [0.717, 1.165) is 0 Å². The van der Waals surface area contributed by atoms with E-state index in [1.807, 2.05) is 6.07 Å². The number of hydrogen-bond acceptors (Lipinski definition) is 4. The molecule has 8 heteroatoms. The maximum absolute atomic E-state index is 12.4. The number of nitriles is 1. The monoisotopic (exact) mass is 465 g/mol. The van der Waals surface area contributed by atoms with E-state index in [1.165, 1.54) is 6.08 Å². The molecule has 2 N–H and O–H groups in total. The summed E-state index contributed by atoms with van der Waals surface area (Å²) in [6.07, 6.45) is 1.45. The molecule has 0 fully saturated rings. The highest BCUT2D eigenvalue weighted by molar-refractivity contribution is 6.33. The molecule has 0 radical (unpaired) electrons. The molecule has 0 saturated heterocycles. The van der Waals surface area contributed by atoms with Crippen LogP contribution in [-0.4, -0.2) is 18.4 Å². The van der Waals surface area contributed by atoms with Gasteiger partial charge in [-0.1, -0.05) is 53.5 Å². The minimum Gasteiger partial charge on any atom is -0.484 e. The van der Waals surface area contributed by atoms with E-state index in [-0.39, 0.29) is 18.1 Å². The van der Waals surface area contributed by atoms with E-state index < -0.39 is 5.91 Å². The fraction of sp³-hybridized carbons (Fsp3) is 0.0417. The van der Waals surface area contributed by atoms with Gasteiger partial charge in [0, 0.05) is 10.7 Å². The number of amides is 2. The number of benzene rings is 3. The molecule has 32 heavy (non-hydrogen) atoms. The molecule has 0 aromatic heterocycles. The minimum atomic E-state index is -0.550. The van der Waals surface area contributed by atoms with Crippen LogP contribution in [0.3, 0.4) is 0 Å². The molecular weight excluding hydrogens is 449 g/mol. The van der Waals surface area contributed by atoms with Gasteiger partial charge in [0.1, 0.15) is 17.4 Å². The molecule has 0 spiro atoms. The molecule has 3 aromatic rings. The van der Waals surface area contributed by atoms with Gasteiger partial charge in [0.25, 0.3) is 11.8 Å². The molecule has 0 atom stereocenters. The predicted molar refractivity (Wildman–Crippen MR) is 126 cm³/mol. The number of nitrogens with zero attached hydrogens (tertiary/aromatic N) is 1. The lowest BCUT2D eigenvalue weighted by atomic mass is 10.1. The molecule has 0 aliphatic heterocycles. The summed E-state index contributed by atoms with van der Waals surface area (Å²) in [5, 5.41) is 15.6. The van der Waals surface area contributed by atoms with Crippen LogP contribution in [0.5, 0.6) is 5.75 Å². The van der Waals surface area contributed by atoms with Gasteiger partial charge in [-0.25, -0.2) is 0 Å². The zero-order chi connectivity index (χ0) is 22.9. The van der Waals surface area contributed by atoms with Crippen LogP contribution in [0, 0.1) is 11.3 Å². The first-order valence-electron chi connectivity index (χ1n) is 9.40. The summed E-state index contributed by atoms with van der Waals surface area (Å²) in [5.74, 6) is -0.448. The van der Waals surface area contributed by atoms with Crippen molar-refractivity contribution in [3.05, 3.63) is 94.0 Å². The second-order valence-electron chi connectivity index (χ2n) is 6.52. The van der Waals surface area contributed by atoms with E-state index in [1.54, 1.807) is 72.8 Å². The van der Waals surface area contributed by atoms with E-state index in [9.17, 15) is 14.9 Å². The fourth-order valence-electron chi connectivity index (χ4n) is 2.64. The normalized spacial score (nSPS) is 10.7. The zero-order valence-electron chi connectivity index (χ0n) is 16.6. The van der Waals surface area contributed by atoms with E-state index in [2.05, 4.69) is 10.6 Å². The summed E-state index contributed by atoms with van der Waals surface area (Å²) >= 11 is 11.9.